The van der Waals surface area contributed by atoms with Crippen LogP contribution in [0.1, 0.15) is 17.4 Å². The summed E-state index contributed by atoms with van der Waals surface area (Å²) >= 11 is 9.67. The average Bonchev–Trinajstić information content (AvgIpc) is 2.90. The van der Waals surface area contributed by atoms with Crippen LogP contribution in [0, 0.1) is 0 Å². The van der Waals surface area contributed by atoms with Crippen LogP contribution in [0.25, 0.3) is 11.0 Å². The molecular weight excluding hydrogens is 352 g/mol. The quantitative estimate of drug-likeness (QED) is 0.525. The number of hydrogen-bond donors (Lipinski definition) is 2. The van der Waals surface area contributed by atoms with Gasteiger partial charge in [0.25, 0.3) is 0 Å². The molecule has 3 rings (SSSR count). The van der Waals surface area contributed by atoms with Crippen LogP contribution in [0.15, 0.2) is 57.4 Å². The molecule has 21 heavy (non-hydrogen) atoms. The number of para-hydroxylation sites is 1. The van der Waals surface area contributed by atoms with Crippen molar-refractivity contribution in [3.63, 3.8) is 0 Å². The van der Waals surface area contributed by atoms with Gasteiger partial charge in [-0.15, -0.1) is 0 Å². The van der Waals surface area contributed by atoms with E-state index in [0.717, 1.165) is 26.8 Å². The Balaban J connectivity index is 1.90. The van der Waals surface area contributed by atoms with Gasteiger partial charge in [-0.25, -0.2) is 5.43 Å². The van der Waals surface area contributed by atoms with E-state index in [1.165, 1.54) is 0 Å². The highest BCUT2D eigenvalue weighted by Crippen LogP contribution is 2.29. The minimum Gasteiger partial charge on any atom is -0.459 e. The molecule has 0 bridgehead atoms. The van der Waals surface area contributed by atoms with Crippen molar-refractivity contribution in [3.8, 4) is 0 Å². The number of hydrazine groups is 1. The van der Waals surface area contributed by atoms with Crippen LogP contribution in [0.2, 0.25) is 5.02 Å². The summed E-state index contributed by atoms with van der Waals surface area (Å²) in [6.45, 7) is 0. The van der Waals surface area contributed by atoms with Crippen LogP contribution >= 0.6 is 27.5 Å². The lowest BCUT2D eigenvalue weighted by Crippen LogP contribution is -2.29. The zero-order valence-corrected chi connectivity index (χ0v) is 13.5. The van der Waals surface area contributed by atoms with Crippen molar-refractivity contribution in [1.29, 1.82) is 0 Å². The minimum absolute atomic E-state index is 0.129. The van der Waals surface area contributed by atoms with Crippen LogP contribution in [0.5, 0.6) is 0 Å². The fraction of sp³-hybridized carbons (Fsp3) is 0.125. The van der Waals surface area contributed by atoms with Gasteiger partial charge in [-0.2, -0.15) is 0 Å². The normalized spacial score (nSPS) is 12.7. The highest BCUT2D eigenvalue weighted by Gasteiger charge is 2.17. The Morgan fingerprint density at radius 1 is 1.19 bits per heavy atom. The predicted molar refractivity (Wildman–Crippen MR) is 89.1 cm³/mol. The number of hydrogen-bond acceptors (Lipinski definition) is 3. The standard InChI is InChI=1S/C16H14BrClN2O/c17-12-6-5-10(13(18)9-12)7-14(20-19)16-8-11-3-1-2-4-15(11)21-16/h1-6,8-9,14,20H,7,19H2. The van der Waals surface area contributed by atoms with Crippen molar-refractivity contribution < 1.29 is 4.42 Å². The summed E-state index contributed by atoms with van der Waals surface area (Å²) in [5.41, 5.74) is 4.68. The fourth-order valence-corrected chi connectivity index (χ4v) is 3.07. The van der Waals surface area contributed by atoms with E-state index in [1.807, 2.05) is 48.5 Å². The van der Waals surface area contributed by atoms with E-state index in [1.54, 1.807) is 0 Å². The van der Waals surface area contributed by atoms with Crippen LogP contribution in [0.3, 0.4) is 0 Å². The minimum atomic E-state index is -0.129. The number of halogens is 2. The number of nitrogens with one attached hydrogen (secondary N) is 1. The molecule has 0 saturated heterocycles. The predicted octanol–water partition coefficient (Wildman–Crippen LogP) is 4.60. The second-order valence-corrected chi connectivity index (χ2v) is 6.17. The zero-order chi connectivity index (χ0) is 14.8. The third kappa shape index (κ3) is 3.14. The molecule has 1 heterocycles. The van der Waals surface area contributed by atoms with E-state index < -0.39 is 0 Å². The molecule has 3 aromatic rings. The number of rotatable bonds is 4. The zero-order valence-electron chi connectivity index (χ0n) is 11.1. The molecule has 5 heteroatoms. The van der Waals surface area contributed by atoms with Crippen molar-refractivity contribution in [3.05, 3.63) is 69.3 Å². The van der Waals surface area contributed by atoms with E-state index in [0.29, 0.717) is 11.4 Å². The Morgan fingerprint density at radius 2 is 2.00 bits per heavy atom. The molecule has 108 valence electrons. The number of benzene rings is 2. The largest absolute Gasteiger partial charge is 0.459 e. The van der Waals surface area contributed by atoms with Gasteiger partial charge in [-0.1, -0.05) is 51.8 Å². The molecule has 1 atom stereocenters. The van der Waals surface area contributed by atoms with Gasteiger partial charge in [-0.05, 0) is 36.2 Å². The second kappa shape index (κ2) is 6.20. The molecule has 0 aliphatic rings. The third-order valence-electron chi connectivity index (χ3n) is 3.43. The maximum absolute atomic E-state index is 6.27. The molecule has 1 aromatic heterocycles. The first-order chi connectivity index (χ1) is 10.2. The van der Waals surface area contributed by atoms with Crippen molar-refractivity contribution in [1.82, 2.24) is 5.43 Å². The summed E-state index contributed by atoms with van der Waals surface area (Å²) < 4.78 is 6.82. The monoisotopic (exact) mass is 364 g/mol. The van der Waals surface area contributed by atoms with Gasteiger partial charge in [0.1, 0.15) is 11.3 Å². The van der Waals surface area contributed by atoms with Crippen molar-refractivity contribution in [2.45, 2.75) is 12.5 Å². The average molecular weight is 366 g/mol. The summed E-state index contributed by atoms with van der Waals surface area (Å²) in [4.78, 5) is 0. The Labute approximate surface area is 136 Å². The summed E-state index contributed by atoms with van der Waals surface area (Å²) in [5, 5.41) is 1.77. The highest BCUT2D eigenvalue weighted by atomic mass is 79.9. The van der Waals surface area contributed by atoms with Gasteiger partial charge in [-0.3, -0.25) is 5.84 Å². The smallest absolute Gasteiger partial charge is 0.134 e. The first kappa shape index (κ1) is 14.6. The topological polar surface area (TPSA) is 51.2 Å². The van der Waals surface area contributed by atoms with Gasteiger partial charge in [0, 0.05) is 14.9 Å². The van der Waals surface area contributed by atoms with Crippen LogP contribution in [0.4, 0.5) is 0 Å². The number of fused-ring (bicyclic) bond motifs is 1. The Kier molecular flexibility index (Phi) is 4.31. The van der Waals surface area contributed by atoms with Gasteiger partial charge in [0.15, 0.2) is 0 Å². The molecule has 1 unspecified atom stereocenters. The first-order valence-corrected chi connectivity index (χ1v) is 7.73. The van der Waals surface area contributed by atoms with Crippen LogP contribution < -0.4 is 11.3 Å². The molecule has 0 spiro atoms. The van der Waals surface area contributed by atoms with E-state index in [4.69, 9.17) is 21.9 Å². The molecule has 3 N–H and O–H groups in total. The maximum Gasteiger partial charge on any atom is 0.134 e. The van der Waals surface area contributed by atoms with Crippen molar-refractivity contribution in [2.75, 3.05) is 0 Å². The highest BCUT2D eigenvalue weighted by molar-refractivity contribution is 9.10. The molecule has 0 aliphatic carbocycles. The van der Waals surface area contributed by atoms with Crippen LogP contribution in [-0.2, 0) is 6.42 Å². The van der Waals surface area contributed by atoms with Crippen molar-refractivity contribution >= 4 is 38.5 Å². The van der Waals surface area contributed by atoms with Gasteiger partial charge in [0.2, 0.25) is 0 Å². The number of furan rings is 1. The van der Waals surface area contributed by atoms with E-state index >= 15 is 0 Å². The Hall–Kier alpha value is -1.33. The lowest BCUT2D eigenvalue weighted by Gasteiger charge is -2.14. The SMILES string of the molecule is NNC(Cc1ccc(Br)cc1Cl)c1cc2ccccc2o1. The van der Waals surface area contributed by atoms with Gasteiger partial charge >= 0.3 is 0 Å². The molecular formula is C16H14BrClN2O. The summed E-state index contributed by atoms with van der Waals surface area (Å²) in [6.07, 6.45) is 0.655. The molecule has 3 nitrogen and oxygen atoms in total. The molecule has 0 saturated carbocycles. The second-order valence-electron chi connectivity index (χ2n) is 4.85. The molecule has 2 aromatic carbocycles. The van der Waals surface area contributed by atoms with E-state index in [-0.39, 0.29) is 6.04 Å². The molecule has 0 aliphatic heterocycles. The first-order valence-electron chi connectivity index (χ1n) is 6.56. The lowest BCUT2D eigenvalue weighted by atomic mass is 10.0. The molecule has 0 radical (unpaired) electrons. The van der Waals surface area contributed by atoms with Crippen LogP contribution in [-0.4, -0.2) is 0 Å². The fourth-order valence-electron chi connectivity index (χ4n) is 2.32. The van der Waals surface area contributed by atoms with E-state index in [9.17, 15) is 0 Å². The third-order valence-corrected chi connectivity index (χ3v) is 4.27. The van der Waals surface area contributed by atoms with Gasteiger partial charge < -0.3 is 4.42 Å². The lowest BCUT2D eigenvalue weighted by molar-refractivity contribution is 0.434. The van der Waals surface area contributed by atoms with Crippen molar-refractivity contribution in [2.24, 2.45) is 5.84 Å². The molecule has 0 amide bonds. The summed E-state index contributed by atoms with van der Waals surface area (Å²) in [7, 11) is 0. The molecule has 0 fully saturated rings. The van der Waals surface area contributed by atoms with E-state index in [2.05, 4.69) is 21.4 Å². The Morgan fingerprint density at radius 3 is 2.71 bits per heavy atom. The van der Waals surface area contributed by atoms with Gasteiger partial charge in [0.05, 0.1) is 6.04 Å². The maximum atomic E-state index is 6.27. The Bertz CT molecular complexity index is 739. The number of nitrogens with two attached hydrogens (primary N) is 1. The summed E-state index contributed by atoms with van der Waals surface area (Å²) in [5.74, 6) is 6.50. The summed E-state index contributed by atoms with van der Waals surface area (Å²) in [6, 6.07) is 15.6.